The van der Waals surface area contributed by atoms with E-state index in [9.17, 15) is 4.79 Å². The van der Waals surface area contributed by atoms with Gasteiger partial charge in [-0.2, -0.15) is 0 Å². The molecular weight excluding hydrogens is 236 g/mol. The average Bonchev–Trinajstić information content (AvgIpc) is 3.11. The van der Waals surface area contributed by atoms with Crippen LogP contribution in [0.25, 0.3) is 10.9 Å². The molecule has 0 aliphatic heterocycles. The van der Waals surface area contributed by atoms with E-state index in [1.807, 2.05) is 24.4 Å². The van der Waals surface area contributed by atoms with E-state index >= 15 is 0 Å². The van der Waals surface area contributed by atoms with E-state index in [1.165, 1.54) is 0 Å². The number of aromatic nitrogens is 1. The third kappa shape index (κ3) is 2.37. The molecule has 3 rings (SSSR count). The molecule has 1 fully saturated rings. The number of H-pyrrole nitrogens is 1. The van der Waals surface area contributed by atoms with Crippen LogP contribution in [0.2, 0.25) is 0 Å². The first-order valence-electron chi connectivity index (χ1n) is 7.03. The molecule has 1 aliphatic rings. The zero-order valence-corrected chi connectivity index (χ0v) is 11.5. The largest absolute Gasteiger partial charge is 0.361 e. The van der Waals surface area contributed by atoms with Crippen molar-refractivity contribution in [2.24, 2.45) is 0 Å². The SMILES string of the molecule is CC(C)N(C(=O)Cc1c[nH]c2ccccc12)C1CC1. The number of aromatic amines is 1. The van der Waals surface area contributed by atoms with Crippen LogP contribution in [0, 0.1) is 0 Å². The van der Waals surface area contributed by atoms with Crippen molar-refractivity contribution in [3.05, 3.63) is 36.0 Å². The van der Waals surface area contributed by atoms with Crippen LogP contribution < -0.4 is 0 Å². The lowest BCUT2D eigenvalue weighted by atomic mass is 10.1. The molecule has 1 aromatic heterocycles. The molecule has 100 valence electrons. The van der Waals surface area contributed by atoms with E-state index in [1.54, 1.807) is 0 Å². The van der Waals surface area contributed by atoms with Crippen LogP contribution in [0.5, 0.6) is 0 Å². The van der Waals surface area contributed by atoms with E-state index in [0.717, 1.165) is 29.3 Å². The number of carbonyl (C=O) groups excluding carboxylic acids is 1. The molecule has 3 heteroatoms. The number of rotatable bonds is 4. The highest BCUT2D eigenvalue weighted by Gasteiger charge is 2.34. The highest BCUT2D eigenvalue weighted by molar-refractivity contribution is 5.89. The van der Waals surface area contributed by atoms with Crippen LogP contribution >= 0.6 is 0 Å². The normalized spacial score (nSPS) is 15.1. The van der Waals surface area contributed by atoms with Crippen LogP contribution in [-0.2, 0) is 11.2 Å². The van der Waals surface area contributed by atoms with Crippen molar-refractivity contribution in [2.75, 3.05) is 0 Å². The topological polar surface area (TPSA) is 36.1 Å². The monoisotopic (exact) mass is 256 g/mol. The number of hydrogen-bond donors (Lipinski definition) is 1. The minimum atomic E-state index is 0.252. The van der Waals surface area contributed by atoms with Crippen molar-refractivity contribution < 1.29 is 4.79 Å². The van der Waals surface area contributed by atoms with Gasteiger partial charge in [0.2, 0.25) is 5.91 Å². The molecular formula is C16H20N2O. The summed E-state index contributed by atoms with van der Waals surface area (Å²) in [5, 5.41) is 1.16. The highest BCUT2D eigenvalue weighted by Crippen LogP contribution is 2.29. The van der Waals surface area contributed by atoms with Gasteiger partial charge in [-0.05, 0) is 38.3 Å². The van der Waals surface area contributed by atoms with Gasteiger partial charge in [0.25, 0.3) is 0 Å². The molecule has 1 aromatic carbocycles. The number of nitrogens with one attached hydrogen (secondary N) is 1. The second kappa shape index (κ2) is 4.72. The Labute approximate surface area is 113 Å². The summed E-state index contributed by atoms with van der Waals surface area (Å²) >= 11 is 0. The Hall–Kier alpha value is -1.77. The van der Waals surface area contributed by atoms with Crippen LogP contribution in [0.4, 0.5) is 0 Å². The Morgan fingerprint density at radius 2 is 2.11 bits per heavy atom. The summed E-state index contributed by atoms with van der Waals surface area (Å²) in [5.74, 6) is 0.252. The van der Waals surface area contributed by atoms with Gasteiger partial charge in [0, 0.05) is 29.2 Å². The van der Waals surface area contributed by atoms with Crippen molar-refractivity contribution in [3.63, 3.8) is 0 Å². The van der Waals surface area contributed by atoms with Crippen LogP contribution in [-0.4, -0.2) is 27.9 Å². The Balaban J connectivity index is 1.82. The van der Waals surface area contributed by atoms with Crippen molar-refractivity contribution >= 4 is 16.8 Å². The molecule has 1 heterocycles. The minimum absolute atomic E-state index is 0.252. The smallest absolute Gasteiger partial charge is 0.227 e. The summed E-state index contributed by atoms with van der Waals surface area (Å²) in [5.41, 5.74) is 2.21. The predicted octanol–water partition coefficient (Wildman–Crippen LogP) is 3.11. The molecule has 0 saturated heterocycles. The van der Waals surface area contributed by atoms with Gasteiger partial charge in [-0.25, -0.2) is 0 Å². The number of carbonyl (C=O) groups is 1. The molecule has 19 heavy (non-hydrogen) atoms. The standard InChI is InChI=1S/C16H20N2O/c1-11(2)18(13-7-8-13)16(19)9-12-10-17-15-6-4-3-5-14(12)15/h3-6,10-11,13,17H,7-9H2,1-2H3. The fraction of sp³-hybridized carbons (Fsp3) is 0.438. The van der Waals surface area contributed by atoms with Crippen LogP contribution in [0.1, 0.15) is 32.3 Å². The van der Waals surface area contributed by atoms with E-state index in [2.05, 4.69) is 29.8 Å². The first-order valence-corrected chi connectivity index (χ1v) is 7.03. The summed E-state index contributed by atoms with van der Waals surface area (Å²) in [6.45, 7) is 4.21. The highest BCUT2D eigenvalue weighted by atomic mass is 16.2. The van der Waals surface area contributed by atoms with Crippen molar-refractivity contribution in [2.45, 2.75) is 45.2 Å². The fourth-order valence-corrected chi connectivity index (χ4v) is 2.80. The van der Waals surface area contributed by atoms with Crippen LogP contribution in [0.3, 0.4) is 0 Å². The Bertz CT molecular complexity index is 594. The number of benzene rings is 1. The predicted molar refractivity (Wildman–Crippen MR) is 77.0 cm³/mol. The summed E-state index contributed by atoms with van der Waals surface area (Å²) in [6.07, 6.45) is 4.79. The van der Waals surface area contributed by atoms with Gasteiger partial charge >= 0.3 is 0 Å². The van der Waals surface area contributed by atoms with E-state index in [-0.39, 0.29) is 5.91 Å². The summed E-state index contributed by atoms with van der Waals surface area (Å²) in [6, 6.07) is 8.93. The third-order valence-electron chi connectivity index (χ3n) is 3.80. The summed E-state index contributed by atoms with van der Waals surface area (Å²) < 4.78 is 0. The Morgan fingerprint density at radius 1 is 1.37 bits per heavy atom. The maximum absolute atomic E-state index is 12.5. The van der Waals surface area contributed by atoms with Gasteiger partial charge in [-0.1, -0.05) is 18.2 Å². The first kappa shape index (κ1) is 12.3. The van der Waals surface area contributed by atoms with Gasteiger partial charge in [0.1, 0.15) is 0 Å². The fourth-order valence-electron chi connectivity index (χ4n) is 2.80. The van der Waals surface area contributed by atoms with Gasteiger partial charge in [0.05, 0.1) is 6.42 Å². The van der Waals surface area contributed by atoms with Crippen molar-refractivity contribution in [1.29, 1.82) is 0 Å². The second-order valence-electron chi connectivity index (χ2n) is 5.66. The molecule has 1 aliphatic carbocycles. The van der Waals surface area contributed by atoms with Gasteiger partial charge in [-0.3, -0.25) is 4.79 Å². The Morgan fingerprint density at radius 3 is 2.79 bits per heavy atom. The number of nitrogens with zero attached hydrogens (tertiary/aromatic N) is 1. The number of para-hydroxylation sites is 1. The summed E-state index contributed by atoms with van der Waals surface area (Å²) in [7, 11) is 0. The molecule has 1 N–H and O–H groups in total. The van der Waals surface area contributed by atoms with Crippen LogP contribution in [0.15, 0.2) is 30.5 Å². The number of fused-ring (bicyclic) bond motifs is 1. The molecule has 0 bridgehead atoms. The molecule has 2 aromatic rings. The lowest BCUT2D eigenvalue weighted by molar-refractivity contribution is -0.132. The molecule has 3 nitrogen and oxygen atoms in total. The maximum Gasteiger partial charge on any atom is 0.227 e. The summed E-state index contributed by atoms with van der Waals surface area (Å²) in [4.78, 5) is 17.8. The molecule has 1 saturated carbocycles. The molecule has 0 spiro atoms. The second-order valence-corrected chi connectivity index (χ2v) is 5.66. The van der Waals surface area contributed by atoms with Gasteiger partial charge < -0.3 is 9.88 Å². The first-order chi connectivity index (χ1) is 9.16. The molecule has 0 radical (unpaired) electrons. The number of amides is 1. The lowest BCUT2D eigenvalue weighted by Gasteiger charge is -2.26. The molecule has 1 amide bonds. The Kier molecular flexibility index (Phi) is 3.05. The zero-order valence-electron chi connectivity index (χ0n) is 11.5. The molecule has 0 unspecified atom stereocenters. The molecule has 0 atom stereocenters. The minimum Gasteiger partial charge on any atom is -0.361 e. The lowest BCUT2D eigenvalue weighted by Crippen LogP contribution is -2.39. The quantitative estimate of drug-likeness (QED) is 0.896. The third-order valence-corrected chi connectivity index (χ3v) is 3.80. The van der Waals surface area contributed by atoms with E-state index in [4.69, 9.17) is 0 Å². The van der Waals surface area contributed by atoms with Crippen molar-refractivity contribution in [1.82, 2.24) is 9.88 Å². The van der Waals surface area contributed by atoms with Gasteiger partial charge in [0.15, 0.2) is 0 Å². The maximum atomic E-state index is 12.5. The van der Waals surface area contributed by atoms with Crippen molar-refractivity contribution in [3.8, 4) is 0 Å². The zero-order chi connectivity index (χ0) is 13.4. The average molecular weight is 256 g/mol. The van der Waals surface area contributed by atoms with Gasteiger partial charge in [-0.15, -0.1) is 0 Å². The van der Waals surface area contributed by atoms with E-state index in [0.29, 0.717) is 18.5 Å². The van der Waals surface area contributed by atoms with E-state index < -0.39 is 0 Å². The number of hydrogen-bond acceptors (Lipinski definition) is 1.